The Balaban J connectivity index is 1.43. The molecule has 0 aliphatic carbocycles. The monoisotopic (exact) mass is 425 g/mol. The molecule has 1 saturated heterocycles. The van der Waals surface area contributed by atoms with Gasteiger partial charge in [0.2, 0.25) is 0 Å². The maximum atomic E-state index is 5.51. The summed E-state index contributed by atoms with van der Waals surface area (Å²) in [5, 5.41) is 0. The molecule has 2 aromatic heterocycles. The third kappa shape index (κ3) is 4.86. The van der Waals surface area contributed by atoms with Crippen LogP contribution in [-0.2, 0) is 13.1 Å². The number of rotatable bonds is 5. The largest absolute Gasteiger partial charge is 0.468 e. The molecule has 140 valence electrons. The summed E-state index contributed by atoms with van der Waals surface area (Å²) in [6.45, 7) is 6.20. The zero-order chi connectivity index (χ0) is 18.5. The topological polar surface area (TPSA) is 32.5 Å². The molecule has 4 nitrogen and oxygen atoms in total. The van der Waals surface area contributed by atoms with E-state index in [1.165, 1.54) is 23.1 Å². The van der Waals surface area contributed by atoms with Crippen molar-refractivity contribution in [3.8, 4) is 11.1 Å². The molecule has 0 radical (unpaired) electrons. The summed E-state index contributed by atoms with van der Waals surface area (Å²) in [6.07, 6.45) is 6.83. The summed E-state index contributed by atoms with van der Waals surface area (Å²) in [7, 11) is 0. The highest BCUT2D eigenvalue weighted by atomic mass is 79.9. The average Bonchev–Trinajstić information content (AvgIpc) is 3.10. The van der Waals surface area contributed by atoms with E-state index in [2.05, 4.69) is 67.1 Å². The van der Waals surface area contributed by atoms with Crippen LogP contribution in [0.5, 0.6) is 0 Å². The van der Waals surface area contributed by atoms with Crippen molar-refractivity contribution in [3.63, 3.8) is 0 Å². The third-order valence-electron chi connectivity index (χ3n) is 5.09. The Morgan fingerprint density at radius 2 is 1.70 bits per heavy atom. The fourth-order valence-electron chi connectivity index (χ4n) is 3.67. The summed E-state index contributed by atoms with van der Waals surface area (Å²) < 4.78 is 6.61. The van der Waals surface area contributed by atoms with Crippen molar-refractivity contribution in [3.05, 3.63) is 76.9 Å². The second-order valence-electron chi connectivity index (χ2n) is 7.02. The molecule has 0 N–H and O–H groups in total. The minimum Gasteiger partial charge on any atom is -0.468 e. The second-order valence-corrected chi connectivity index (χ2v) is 7.94. The zero-order valence-electron chi connectivity index (χ0n) is 15.4. The van der Waals surface area contributed by atoms with Crippen molar-refractivity contribution in [2.45, 2.75) is 19.5 Å². The van der Waals surface area contributed by atoms with Gasteiger partial charge in [-0.1, -0.05) is 28.1 Å². The zero-order valence-corrected chi connectivity index (χ0v) is 16.9. The van der Waals surface area contributed by atoms with Gasteiger partial charge < -0.3 is 4.42 Å². The first-order chi connectivity index (χ1) is 13.3. The first-order valence-corrected chi connectivity index (χ1v) is 10.2. The lowest BCUT2D eigenvalue weighted by atomic mass is 10.0. The first kappa shape index (κ1) is 18.4. The number of hydrogen-bond acceptors (Lipinski definition) is 4. The van der Waals surface area contributed by atoms with E-state index in [0.29, 0.717) is 0 Å². The van der Waals surface area contributed by atoms with Crippen molar-refractivity contribution >= 4 is 15.9 Å². The van der Waals surface area contributed by atoms with Gasteiger partial charge in [0.15, 0.2) is 0 Å². The Morgan fingerprint density at radius 3 is 2.44 bits per heavy atom. The highest BCUT2D eigenvalue weighted by Crippen LogP contribution is 2.26. The van der Waals surface area contributed by atoms with Gasteiger partial charge in [-0.3, -0.25) is 14.8 Å². The molecule has 0 saturated carbocycles. The molecular weight excluding hydrogens is 402 g/mol. The molecule has 0 unspecified atom stereocenters. The smallest absolute Gasteiger partial charge is 0.117 e. The van der Waals surface area contributed by atoms with Gasteiger partial charge >= 0.3 is 0 Å². The fraction of sp³-hybridized carbons (Fsp3) is 0.318. The molecule has 3 heterocycles. The van der Waals surface area contributed by atoms with Crippen LogP contribution < -0.4 is 0 Å². The predicted octanol–water partition coefficient (Wildman–Crippen LogP) is 4.81. The van der Waals surface area contributed by atoms with E-state index in [-0.39, 0.29) is 0 Å². The van der Waals surface area contributed by atoms with Crippen molar-refractivity contribution in [2.24, 2.45) is 0 Å². The molecule has 0 amide bonds. The third-order valence-corrected chi connectivity index (χ3v) is 5.62. The van der Waals surface area contributed by atoms with Crippen LogP contribution in [0.25, 0.3) is 11.1 Å². The predicted molar refractivity (Wildman–Crippen MR) is 111 cm³/mol. The van der Waals surface area contributed by atoms with E-state index >= 15 is 0 Å². The van der Waals surface area contributed by atoms with Gasteiger partial charge in [-0.25, -0.2) is 0 Å². The van der Waals surface area contributed by atoms with E-state index < -0.39 is 0 Å². The Hall–Kier alpha value is -1.95. The molecule has 27 heavy (non-hydrogen) atoms. The summed E-state index contributed by atoms with van der Waals surface area (Å²) in [4.78, 5) is 9.41. The highest BCUT2D eigenvalue weighted by Gasteiger charge is 2.17. The molecule has 0 bridgehead atoms. The molecule has 5 heteroatoms. The van der Waals surface area contributed by atoms with Gasteiger partial charge in [-0.15, -0.1) is 0 Å². The summed E-state index contributed by atoms with van der Waals surface area (Å²) in [5.41, 5.74) is 3.80. The van der Waals surface area contributed by atoms with Crippen molar-refractivity contribution in [2.75, 3.05) is 26.2 Å². The van der Waals surface area contributed by atoms with Gasteiger partial charge in [0, 0.05) is 36.5 Å². The molecule has 1 fully saturated rings. The standard InChI is InChI=1S/C22H24BrN3O/c23-20-6-4-18(5-7-20)22-8-9-24-15-19(22)16-25-10-2-11-26(13-12-25)17-21-3-1-14-27-21/h1,3-9,14-15H,2,10-13,16-17H2. The minimum absolute atomic E-state index is 0.901. The normalized spacial score (nSPS) is 16.3. The molecule has 0 spiro atoms. The molecule has 3 aromatic rings. The fourth-order valence-corrected chi connectivity index (χ4v) is 3.93. The number of aromatic nitrogens is 1. The van der Waals surface area contributed by atoms with Crippen LogP contribution in [0.1, 0.15) is 17.7 Å². The van der Waals surface area contributed by atoms with Gasteiger partial charge in [0.25, 0.3) is 0 Å². The number of nitrogens with zero attached hydrogens (tertiary/aromatic N) is 3. The van der Waals surface area contributed by atoms with Crippen LogP contribution in [0.15, 0.2) is 70.0 Å². The van der Waals surface area contributed by atoms with Gasteiger partial charge in [-0.05, 0) is 66.5 Å². The van der Waals surface area contributed by atoms with E-state index in [4.69, 9.17) is 4.42 Å². The van der Waals surface area contributed by atoms with E-state index in [1.54, 1.807) is 6.26 Å². The molecular formula is C22H24BrN3O. The van der Waals surface area contributed by atoms with Gasteiger partial charge in [0.05, 0.1) is 12.8 Å². The Morgan fingerprint density at radius 1 is 0.926 bits per heavy atom. The number of halogens is 1. The van der Waals surface area contributed by atoms with Gasteiger partial charge in [0.1, 0.15) is 5.76 Å². The molecule has 0 atom stereocenters. The van der Waals surface area contributed by atoms with Crippen LogP contribution >= 0.6 is 15.9 Å². The summed E-state index contributed by atoms with van der Waals surface area (Å²) >= 11 is 3.52. The van der Waals surface area contributed by atoms with Crippen LogP contribution in [0.3, 0.4) is 0 Å². The quantitative estimate of drug-likeness (QED) is 0.586. The average molecular weight is 426 g/mol. The maximum Gasteiger partial charge on any atom is 0.117 e. The van der Waals surface area contributed by atoms with Crippen molar-refractivity contribution in [1.29, 1.82) is 0 Å². The Bertz CT molecular complexity index is 848. The SMILES string of the molecule is Brc1ccc(-c2ccncc2CN2CCCN(Cc3ccco3)CC2)cc1. The molecule has 1 aliphatic heterocycles. The Kier molecular flexibility index (Phi) is 6.02. The van der Waals surface area contributed by atoms with E-state index in [9.17, 15) is 0 Å². The maximum absolute atomic E-state index is 5.51. The van der Waals surface area contributed by atoms with E-state index in [0.717, 1.165) is 49.5 Å². The minimum atomic E-state index is 0.901. The molecule has 4 rings (SSSR count). The summed E-state index contributed by atoms with van der Waals surface area (Å²) in [6, 6.07) is 14.7. The van der Waals surface area contributed by atoms with Crippen molar-refractivity contribution in [1.82, 2.24) is 14.8 Å². The number of pyridine rings is 1. The molecule has 1 aromatic carbocycles. The van der Waals surface area contributed by atoms with Crippen LogP contribution in [0, 0.1) is 0 Å². The first-order valence-electron chi connectivity index (χ1n) is 9.44. The van der Waals surface area contributed by atoms with E-state index in [1.807, 2.05) is 18.5 Å². The lowest BCUT2D eigenvalue weighted by Gasteiger charge is -2.22. The highest BCUT2D eigenvalue weighted by molar-refractivity contribution is 9.10. The Labute approximate surface area is 168 Å². The lowest BCUT2D eigenvalue weighted by Crippen LogP contribution is -2.30. The van der Waals surface area contributed by atoms with Crippen molar-refractivity contribution < 1.29 is 4.42 Å². The number of hydrogen-bond donors (Lipinski definition) is 0. The number of furan rings is 1. The van der Waals surface area contributed by atoms with Crippen LogP contribution in [0.4, 0.5) is 0 Å². The molecule has 1 aliphatic rings. The summed E-state index contributed by atoms with van der Waals surface area (Å²) in [5.74, 6) is 1.05. The van der Waals surface area contributed by atoms with Crippen LogP contribution in [-0.4, -0.2) is 41.0 Å². The lowest BCUT2D eigenvalue weighted by molar-refractivity contribution is 0.234. The van der Waals surface area contributed by atoms with Crippen LogP contribution in [0.2, 0.25) is 0 Å². The van der Waals surface area contributed by atoms with Gasteiger partial charge in [-0.2, -0.15) is 0 Å². The number of benzene rings is 1. The second kappa shape index (κ2) is 8.83.